The summed E-state index contributed by atoms with van der Waals surface area (Å²) in [5.74, 6) is 0.711. The van der Waals surface area contributed by atoms with Gasteiger partial charge in [0.05, 0.1) is 26.2 Å². The lowest BCUT2D eigenvalue weighted by molar-refractivity contribution is -0.140. The first-order valence-electron chi connectivity index (χ1n) is 9.87. The monoisotopic (exact) mass is 390 g/mol. The lowest BCUT2D eigenvalue weighted by Gasteiger charge is -2.38. The van der Waals surface area contributed by atoms with Gasteiger partial charge in [-0.1, -0.05) is 18.2 Å². The number of para-hydroxylation sites is 1. The van der Waals surface area contributed by atoms with Crippen molar-refractivity contribution in [2.75, 3.05) is 59.5 Å². The van der Waals surface area contributed by atoms with Crippen LogP contribution in [0.2, 0.25) is 0 Å². The number of aliphatic hydroxyl groups is 1. The normalized spacial score (nSPS) is 21.4. The molecule has 2 aliphatic heterocycles. The fourth-order valence-electron chi connectivity index (χ4n) is 3.88. The molecule has 2 aliphatic rings. The molecule has 0 radical (unpaired) electrons. The Hall–Kier alpha value is -2.16. The summed E-state index contributed by atoms with van der Waals surface area (Å²) in [5, 5.41) is 11.9. The van der Waals surface area contributed by atoms with E-state index in [2.05, 4.69) is 15.1 Å². The maximum Gasteiger partial charge on any atom is 0.237 e. The summed E-state index contributed by atoms with van der Waals surface area (Å²) < 4.78 is 5.43. The van der Waals surface area contributed by atoms with Crippen molar-refractivity contribution in [3.8, 4) is 5.75 Å². The molecule has 0 spiro atoms. The second kappa shape index (κ2) is 9.86. The van der Waals surface area contributed by atoms with Gasteiger partial charge in [-0.3, -0.25) is 19.4 Å². The summed E-state index contributed by atoms with van der Waals surface area (Å²) in [5.41, 5.74) is 1.01. The van der Waals surface area contributed by atoms with E-state index >= 15 is 0 Å². The van der Waals surface area contributed by atoms with Gasteiger partial charge in [-0.05, 0) is 6.07 Å². The van der Waals surface area contributed by atoms with Crippen LogP contribution in [0.1, 0.15) is 12.0 Å². The Bertz CT molecular complexity index is 676. The number of carbonyl (C=O) groups is 2. The molecule has 3 rings (SSSR count). The number of hydrogen-bond donors (Lipinski definition) is 2. The number of rotatable bonds is 7. The Morgan fingerprint density at radius 1 is 1.21 bits per heavy atom. The molecular weight excluding hydrogens is 360 g/mol. The van der Waals surface area contributed by atoms with Gasteiger partial charge in [0.15, 0.2) is 0 Å². The topological polar surface area (TPSA) is 85.4 Å². The molecule has 0 saturated carbocycles. The van der Waals surface area contributed by atoms with E-state index in [0.29, 0.717) is 39.3 Å². The Morgan fingerprint density at radius 3 is 2.68 bits per heavy atom. The molecule has 2 heterocycles. The number of hydrogen-bond acceptors (Lipinski definition) is 6. The van der Waals surface area contributed by atoms with Crippen molar-refractivity contribution in [2.45, 2.75) is 19.0 Å². The Kier molecular flexibility index (Phi) is 7.24. The highest BCUT2D eigenvalue weighted by Gasteiger charge is 2.34. The van der Waals surface area contributed by atoms with Gasteiger partial charge in [0.1, 0.15) is 5.75 Å². The van der Waals surface area contributed by atoms with Gasteiger partial charge in [0.25, 0.3) is 0 Å². The Labute approximate surface area is 166 Å². The SMILES string of the molecule is COc1ccccc1CN1CCNC(=O)[C@@H]1CC(=O)N1CCN(CCO)CC1. The standard InChI is InChI=1S/C20H30N4O4/c1-28-18-5-3-2-4-16(18)15-24-7-6-21-20(27)17(24)14-19(26)23-10-8-22(9-11-23)12-13-25/h2-5,17,25H,6-15H2,1H3,(H,21,27)/t17-/m0/s1. The number of methoxy groups -OCH3 is 1. The van der Waals surface area contributed by atoms with Crippen LogP contribution in [0.25, 0.3) is 0 Å². The smallest absolute Gasteiger partial charge is 0.237 e. The third kappa shape index (κ3) is 5.01. The second-order valence-electron chi connectivity index (χ2n) is 7.24. The molecule has 2 amide bonds. The van der Waals surface area contributed by atoms with E-state index in [1.807, 2.05) is 29.2 Å². The van der Waals surface area contributed by atoms with Crippen LogP contribution in [0.5, 0.6) is 5.75 Å². The van der Waals surface area contributed by atoms with E-state index < -0.39 is 6.04 Å². The fourth-order valence-corrected chi connectivity index (χ4v) is 3.88. The minimum Gasteiger partial charge on any atom is -0.496 e. The van der Waals surface area contributed by atoms with Gasteiger partial charge in [0.2, 0.25) is 11.8 Å². The van der Waals surface area contributed by atoms with Gasteiger partial charge >= 0.3 is 0 Å². The maximum absolute atomic E-state index is 12.8. The van der Waals surface area contributed by atoms with Gasteiger partial charge in [-0.15, -0.1) is 0 Å². The number of nitrogens with one attached hydrogen (secondary N) is 1. The van der Waals surface area contributed by atoms with Crippen molar-refractivity contribution < 1.29 is 19.4 Å². The molecule has 1 aromatic carbocycles. The summed E-state index contributed by atoms with van der Waals surface area (Å²) in [6.45, 7) is 5.42. The molecule has 8 nitrogen and oxygen atoms in total. The molecule has 0 aliphatic carbocycles. The highest BCUT2D eigenvalue weighted by molar-refractivity contribution is 5.88. The number of amides is 2. The van der Waals surface area contributed by atoms with E-state index in [9.17, 15) is 9.59 Å². The third-order valence-corrected chi connectivity index (χ3v) is 5.52. The lowest BCUT2D eigenvalue weighted by atomic mass is 10.1. The number of benzene rings is 1. The van der Waals surface area contributed by atoms with E-state index in [4.69, 9.17) is 9.84 Å². The van der Waals surface area contributed by atoms with Gasteiger partial charge in [-0.25, -0.2) is 0 Å². The average Bonchev–Trinajstić information content (AvgIpc) is 2.71. The van der Waals surface area contributed by atoms with Crippen LogP contribution >= 0.6 is 0 Å². The summed E-state index contributed by atoms with van der Waals surface area (Å²) in [6, 6.07) is 7.30. The molecule has 1 aromatic rings. The van der Waals surface area contributed by atoms with Gasteiger partial charge in [0, 0.05) is 57.9 Å². The van der Waals surface area contributed by atoms with E-state index in [0.717, 1.165) is 24.4 Å². The van der Waals surface area contributed by atoms with E-state index in [1.165, 1.54) is 0 Å². The molecule has 0 unspecified atom stereocenters. The van der Waals surface area contributed by atoms with Crippen molar-refractivity contribution in [1.29, 1.82) is 0 Å². The summed E-state index contributed by atoms with van der Waals surface area (Å²) in [4.78, 5) is 31.4. The summed E-state index contributed by atoms with van der Waals surface area (Å²) in [7, 11) is 1.64. The van der Waals surface area contributed by atoms with Gasteiger partial charge in [-0.2, -0.15) is 0 Å². The van der Waals surface area contributed by atoms with Crippen molar-refractivity contribution in [2.24, 2.45) is 0 Å². The zero-order chi connectivity index (χ0) is 19.9. The van der Waals surface area contributed by atoms with Crippen LogP contribution in [0.3, 0.4) is 0 Å². The molecule has 154 valence electrons. The predicted octanol–water partition coefficient (Wildman–Crippen LogP) is -0.478. The first-order valence-corrected chi connectivity index (χ1v) is 9.87. The van der Waals surface area contributed by atoms with E-state index in [1.54, 1.807) is 7.11 Å². The largest absolute Gasteiger partial charge is 0.496 e. The quantitative estimate of drug-likeness (QED) is 0.654. The lowest BCUT2D eigenvalue weighted by Crippen LogP contribution is -2.57. The highest BCUT2D eigenvalue weighted by Crippen LogP contribution is 2.22. The third-order valence-electron chi connectivity index (χ3n) is 5.52. The van der Waals surface area contributed by atoms with Crippen LogP contribution in [0.15, 0.2) is 24.3 Å². The first kappa shape index (κ1) is 20.6. The second-order valence-corrected chi connectivity index (χ2v) is 7.24. The Balaban J connectivity index is 1.63. The molecule has 0 bridgehead atoms. The number of nitrogens with zero attached hydrogens (tertiary/aromatic N) is 3. The van der Waals surface area contributed by atoms with Crippen LogP contribution in [0, 0.1) is 0 Å². The molecular formula is C20H30N4O4. The van der Waals surface area contributed by atoms with Gasteiger partial charge < -0.3 is 20.1 Å². The molecule has 8 heteroatoms. The average molecular weight is 390 g/mol. The fraction of sp³-hybridized carbons (Fsp3) is 0.600. The molecule has 2 fully saturated rings. The minimum absolute atomic E-state index is 0.00993. The van der Waals surface area contributed by atoms with Crippen LogP contribution < -0.4 is 10.1 Å². The molecule has 28 heavy (non-hydrogen) atoms. The van der Waals surface area contributed by atoms with Crippen molar-refractivity contribution in [1.82, 2.24) is 20.0 Å². The number of piperazine rings is 2. The zero-order valence-corrected chi connectivity index (χ0v) is 16.5. The first-order chi connectivity index (χ1) is 13.6. The van der Waals surface area contributed by atoms with E-state index in [-0.39, 0.29) is 24.8 Å². The number of carbonyl (C=O) groups excluding carboxylic acids is 2. The highest BCUT2D eigenvalue weighted by atomic mass is 16.5. The predicted molar refractivity (Wildman–Crippen MR) is 105 cm³/mol. The molecule has 1 atom stereocenters. The number of ether oxygens (including phenoxy) is 1. The van der Waals surface area contributed by atoms with Crippen LogP contribution in [-0.2, 0) is 16.1 Å². The van der Waals surface area contributed by atoms with Crippen molar-refractivity contribution in [3.63, 3.8) is 0 Å². The maximum atomic E-state index is 12.8. The van der Waals surface area contributed by atoms with Crippen molar-refractivity contribution in [3.05, 3.63) is 29.8 Å². The summed E-state index contributed by atoms with van der Waals surface area (Å²) in [6.07, 6.45) is 0.182. The number of β-amino-alcohol motifs (C(OH)–C–C–N with tert-alkyl or cyclic N) is 1. The molecule has 2 saturated heterocycles. The number of aliphatic hydroxyl groups excluding tert-OH is 1. The Morgan fingerprint density at radius 2 is 1.96 bits per heavy atom. The van der Waals surface area contributed by atoms with Crippen LogP contribution in [-0.4, -0.2) is 97.2 Å². The molecule has 2 N–H and O–H groups in total. The summed E-state index contributed by atoms with van der Waals surface area (Å²) >= 11 is 0. The van der Waals surface area contributed by atoms with Crippen LogP contribution in [0.4, 0.5) is 0 Å². The van der Waals surface area contributed by atoms with Crippen molar-refractivity contribution >= 4 is 11.8 Å². The molecule has 0 aromatic heterocycles. The zero-order valence-electron chi connectivity index (χ0n) is 16.5. The minimum atomic E-state index is -0.471.